The highest BCUT2D eigenvalue weighted by atomic mass is 32.1. The van der Waals surface area contributed by atoms with E-state index in [1.165, 1.54) is 214 Å². The molecule has 0 fully saturated rings. The first-order valence-corrected chi connectivity index (χ1v) is 36.4. The monoisotopic (exact) mass is 1260 g/mol. The van der Waals surface area contributed by atoms with Crippen molar-refractivity contribution in [2.45, 2.75) is 74.0 Å². The SMILES string of the molecule is CCCCCCCCOc1ccc(C23c4cc5c(s4)[C@@]4(c6ccccc6-c6ccc(cc64)-c4ccc6c(c4)C(c4ccc(C)cc4)(c4ccccc4-6)c4csc6c4-c4ccccc4[C@]64c6ccccc6-c6ccc(cc64)-c4ccc(c2c4)-c2ccccc23)c2ccccc2-5)cc1. The topological polar surface area (TPSA) is 9.23 Å². The van der Waals surface area contributed by atoms with Crippen LogP contribution in [0.4, 0.5) is 0 Å². The summed E-state index contributed by atoms with van der Waals surface area (Å²) in [6.07, 6.45) is 7.37. The molecular formula is C93H66OS2. The van der Waals surface area contributed by atoms with Gasteiger partial charge in [0.1, 0.15) is 5.75 Å². The van der Waals surface area contributed by atoms with Gasteiger partial charge in [0.25, 0.3) is 0 Å². The maximum absolute atomic E-state index is 6.65. The summed E-state index contributed by atoms with van der Waals surface area (Å²) in [5.41, 5.74) is 36.6. The van der Waals surface area contributed by atoms with Crippen molar-refractivity contribution in [3.05, 3.63) is 371 Å². The summed E-state index contributed by atoms with van der Waals surface area (Å²) < 4.78 is 6.65. The normalized spacial score (nSPS) is 19.4. The molecule has 96 heavy (non-hydrogen) atoms. The van der Waals surface area contributed by atoms with Crippen molar-refractivity contribution in [1.29, 1.82) is 0 Å². The van der Waals surface area contributed by atoms with E-state index in [2.05, 4.69) is 292 Å². The summed E-state index contributed by atoms with van der Waals surface area (Å²) in [4.78, 5) is 4.11. The summed E-state index contributed by atoms with van der Waals surface area (Å²) in [6.45, 7) is 5.24. The van der Waals surface area contributed by atoms with Crippen LogP contribution >= 0.6 is 22.7 Å². The molecule has 7 aliphatic rings. The Balaban J connectivity index is 0.883. The second-order valence-electron chi connectivity index (χ2n) is 28.0. The first kappa shape index (κ1) is 55.2. The fraction of sp³-hybridized carbons (Fsp3) is 0.140. The van der Waals surface area contributed by atoms with E-state index in [0.29, 0.717) is 0 Å². The fourth-order valence-corrected chi connectivity index (χ4v) is 22.6. The van der Waals surface area contributed by atoms with E-state index in [-0.39, 0.29) is 0 Å². The minimum atomic E-state index is -0.697. The van der Waals surface area contributed by atoms with Gasteiger partial charge in [-0.3, -0.25) is 0 Å². The lowest BCUT2D eigenvalue weighted by Crippen LogP contribution is -2.29. The van der Waals surface area contributed by atoms with Gasteiger partial charge in [0.2, 0.25) is 0 Å². The number of ether oxygens (including phenoxy) is 1. The van der Waals surface area contributed by atoms with Crippen LogP contribution in [0.15, 0.2) is 278 Å². The Kier molecular flexibility index (Phi) is 11.6. The van der Waals surface area contributed by atoms with Gasteiger partial charge in [-0.1, -0.05) is 275 Å². The van der Waals surface area contributed by atoms with Crippen LogP contribution < -0.4 is 4.74 Å². The van der Waals surface area contributed by atoms with E-state index < -0.39 is 21.7 Å². The molecule has 0 saturated carbocycles. The number of hydrogen-bond donors (Lipinski definition) is 0. The van der Waals surface area contributed by atoms with Crippen LogP contribution in [0.5, 0.6) is 5.75 Å². The lowest BCUT2D eigenvalue weighted by atomic mass is 9.66. The van der Waals surface area contributed by atoms with E-state index in [1.807, 2.05) is 22.7 Å². The molecular weight excluding hydrogens is 1200 g/mol. The van der Waals surface area contributed by atoms with Gasteiger partial charge in [-0.15, -0.1) is 22.7 Å². The zero-order chi connectivity index (χ0) is 63.2. The predicted octanol–water partition coefficient (Wildman–Crippen LogP) is 23.9. The number of aryl methyl sites for hydroxylation is 1. The molecule has 2 unspecified atom stereocenters. The Morgan fingerprint density at radius 1 is 0.302 bits per heavy atom. The Labute approximate surface area is 569 Å². The quantitative estimate of drug-likeness (QED) is 0.124. The highest BCUT2D eigenvalue weighted by molar-refractivity contribution is 7.13. The number of thiophene rings is 2. The van der Waals surface area contributed by atoms with Crippen LogP contribution in [0.3, 0.4) is 0 Å². The lowest BCUT2D eigenvalue weighted by molar-refractivity contribution is 0.304. The fourth-order valence-electron chi connectivity index (χ4n) is 19.6. The lowest BCUT2D eigenvalue weighted by Gasteiger charge is -2.34. The van der Waals surface area contributed by atoms with E-state index in [0.717, 1.165) is 18.8 Å². The van der Waals surface area contributed by atoms with E-state index in [4.69, 9.17) is 4.74 Å². The molecule has 3 heteroatoms. The summed E-state index contributed by atoms with van der Waals surface area (Å²) in [7, 11) is 0. The van der Waals surface area contributed by atoms with Crippen LogP contribution in [-0.2, 0) is 21.7 Å². The number of hydrogen-bond acceptors (Lipinski definition) is 3. The Bertz CT molecular complexity index is 5660. The second kappa shape index (κ2) is 20.2. The maximum Gasteiger partial charge on any atom is 0.119 e. The predicted molar refractivity (Wildman–Crippen MR) is 397 cm³/mol. The molecule has 14 bridgehead atoms. The molecule has 4 atom stereocenters. The van der Waals surface area contributed by atoms with Crippen molar-refractivity contribution in [2.24, 2.45) is 0 Å². The van der Waals surface area contributed by atoms with Crippen LogP contribution in [-0.4, -0.2) is 6.61 Å². The van der Waals surface area contributed by atoms with E-state index >= 15 is 0 Å². The molecule has 0 amide bonds. The molecule has 1 aliphatic heterocycles. The summed E-state index contributed by atoms with van der Waals surface area (Å²) in [6, 6.07) is 108. The van der Waals surface area contributed by atoms with E-state index in [9.17, 15) is 0 Å². The minimum absolute atomic E-state index is 0.580. The van der Waals surface area contributed by atoms with Crippen molar-refractivity contribution in [2.75, 3.05) is 6.61 Å². The number of unbranched alkanes of at least 4 members (excludes halogenated alkanes) is 5. The summed E-state index contributed by atoms with van der Waals surface area (Å²) in [5.74, 6) is 0.926. The average Bonchev–Trinajstić information content (AvgIpc) is 1.50. The van der Waals surface area contributed by atoms with Gasteiger partial charge in [0, 0.05) is 20.2 Å². The Morgan fingerprint density at radius 2 is 0.677 bits per heavy atom. The van der Waals surface area contributed by atoms with Crippen molar-refractivity contribution < 1.29 is 4.74 Å². The van der Waals surface area contributed by atoms with Gasteiger partial charge in [0.15, 0.2) is 0 Å². The third kappa shape index (κ3) is 6.85. The van der Waals surface area contributed by atoms with Crippen LogP contribution in [0.25, 0.3) is 89.0 Å². The first-order chi connectivity index (χ1) is 47.5. The zero-order valence-electron chi connectivity index (χ0n) is 53.7. The van der Waals surface area contributed by atoms with Gasteiger partial charge in [0.05, 0.1) is 28.3 Å². The Morgan fingerprint density at radius 3 is 1.19 bits per heavy atom. The van der Waals surface area contributed by atoms with Crippen LogP contribution in [0, 0.1) is 6.92 Å². The molecule has 2 spiro atoms. The molecule has 1 nitrogen and oxygen atoms in total. The van der Waals surface area contributed by atoms with Gasteiger partial charge >= 0.3 is 0 Å². The molecule has 12 aromatic carbocycles. The number of fused-ring (bicyclic) bond motifs is 22. The van der Waals surface area contributed by atoms with Gasteiger partial charge in [-0.2, -0.15) is 0 Å². The molecule has 2 aromatic heterocycles. The second-order valence-corrected chi connectivity index (χ2v) is 30.0. The third-order valence-corrected chi connectivity index (χ3v) is 26.1. The third-order valence-electron chi connectivity index (χ3n) is 23.6. The summed E-state index contributed by atoms with van der Waals surface area (Å²) >= 11 is 4.02. The molecule has 14 aromatic rings. The standard InChI is InChI=1S/C93H66OS2/c1-3-4-5-6-7-20-49-94-63-43-41-62(42-44-63)91-76-28-15-9-22-65(76)70-46-36-58(51-82(70)91)60-38-48-72-67-24-11-17-30-78(67)93(84(72)53-60)80-32-19-13-26-73(80)87-85(55-95-89(87)93)90(61-39-33-56(2)34-40-61)75-27-14-8-21-64(75)69-45-35-57(50-81(69)90)59-37-47-71-66-23-10-16-29-77(66)92(83(71)52-59)79-31-18-12-25-68(79)74-54-86(91)96-88(74)92/h8-19,21-48,50-55H,3-7,20,49H2,1-2H3/t90?,91?,92-,93-/m0/s1. The maximum atomic E-state index is 6.65. The van der Waals surface area contributed by atoms with Gasteiger partial charge in [-0.25, -0.2) is 0 Å². The van der Waals surface area contributed by atoms with Crippen molar-refractivity contribution in [3.8, 4) is 94.8 Å². The van der Waals surface area contributed by atoms with Gasteiger partial charge in [-0.05, 0) is 217 Å². The molecule has 0 N–H and O–H groups in total. The Hall–Kier alpha value is -10.2. The first-order valence-electron chi connectivity index (χ1n) is 34.7. The molecule has 6 aliphatic carbocycles. The largest absolute Gasteiger partial charge is 0.494 e. The van der Waals surface area contributed by atoms with E-state index in [1.54, 1.807) is 0 Å². The highest BCUT2D eigenvalue weighted by Crippen LogP contribution is 2.71. The molecule has 0 radical (unpaired) electrons. The van der Waals surface area contributed by atoms with Crippen LogP contribution in [0.2, 0.25) is 0 Å². The molecule has 3 heterocycles. The highest BCUT2D eigenvalue weighted by Gasteiger charge is 2.59. The van der Waals surface area contributed by atoms with Gasteiger partial charge < -0.3 is 4.74 Å². The minimum Gasteiger partial charge on any atom is -0.494 e. The smallest absolute Gasteiger partial charge is 0.119 e. The molecule has 0 saturated heterocycles. The molecule has 21 rings (SSSR count). The van der Waals surface area contributed by atoms with Crippen molar-refractivity contribution >= 4 is 22.7 Å². The summed E-state index contributed by atoms with van der Waals surface area (Å²) in [5, 5.41) is 2.59. The number of rotatable bonds is 10. The zero-order valence-corrected chi connectivity index (χ0v) is 55.4. The van der Waals surface area contributed by atoms with Crippen LogP contribution in [0.1, 0.15) is 138 Å². The average molecular weight is 1260 g/mol. The van der Waals surface area contributed by atoms with Crippen molar-refractivity contribution in [1.82, 2.24) is 0 Å². The molecule has 456 valence electrons. The van der Waals surface area contributed by atoms with Crippen molar-refractivity contribution in [3.63, 3.8) is 0 Å². The number of benzene rings is 12.